The van der Waals surface area contributed by atoms with E-state index in [-0.39, 0.29) is 12.2 Å². The molecule has 2 aromatic carbocycles. The van der Waals surface area contributed by atoms with Crippen LogP contribution in [0.2, 0.25) is 5.02 Å². The number of rotatable bonds is 16. The fraction of sp³-hybridized carbons (Fsp3) is 0.387. The van der Waals surface area contributed by atoms with Crippen LogP contribution in [0.3, 0.4) is 0 Å². The summed E-state index contributed by atoms with van der Waals surface area (Å²) in [6, 6.07) is 9.22. The molecule has 0 aliphatic heterocycles. The largest absolute Gasteiger partial charge is 0.493 e. The number of ether oxygens (including phenoxy) is 4. The number of fused-ring (bicyclic) bond motifs is 2. The molecule has 4 rings (SSSR count). The Labute approximate surface area is 261 Å². The van der Waals surface area contributed by atoms with E-state index in [1.807, 2.05) is 18.2 Å². The van der Waals surface area contributed by atoms with Gasteiger partial charge >= 0.3 is 11.9 Å². The van der Waals surface area contributed by atoms with Crippen molar-refractivity contribution in [1.29, 1.82) is 0 Å². The average molecular weight is 649 g/mol. The van der Waals surface area contributed by atoms with E-state index in [0.717, 1.165) is 25.0 Å². The van der Waals surface area contributed by atoms with E-state index in [2.05, 4.69) is 0 Å². The van der Waals surface area contributed by atoms with Crippen molar-refractivity contribution in [3.05, 3.63) is 45.1 Å². The Kier molecular flexibility index (Phi) is 10.8. The summed E-state index contributed by atoms with van der Waals surface area (Å²) in [7, 11) is 3.09. The third-order valence-corrected chi connectivity index (χ3v) is 9.64. The van der Waals surface area contributed by atoms with Crippen molar-refractivity contribution in [2.45, 2.75) is 39.5 Å². The van der Waals surface area contributed by atoms with E-state index in [0.29, 0.717) is 65.4 Å². The summed E-state index contributed by atoms with van der Waals surface area (Å²) in [6.45, 7) is 3.84. The average Bonchev–Trinajstić information content (AvgIpc) is 3.59. The molecule has 43 heavy (non-hydrogen) atoms. The Hall–Kier alpha value is -3.54. The van der Waals surface area contributed by atoms with Crippen molar-refractivity contribution >= 4 is 72.2 Å². The molecule has 2 aromatic heterocycles. The molecule has 0 saturated heterocycles. The Balaban J connectivity index is 1.39. The van der Waals surface area contributed by atoms with Gasteiger partial charge in [-0.15, -0.1) is 22.7 Å². The van der Waals surface area contributed by atoms with Gasteiger partial charge in [-0.1, -0.05) is 25.4 Å². The van der Waals surface area contributed by atoms with Crippen LogP contribution in [0.4, 0.5) is 0 Å². The van der Waals surface area contributed by atoms with Gasteiger partial charge in [-0.3, -0.25) is 14.4 Å². The standard InChI is InChI=1S/C31H33ClO9S2/c1-16(30(34)35)6-7-19-13-20-26(42-19)15-24(39-4)29(28(20)32)41-9-5-8-40-23-11-18-12-27(21(33)10-17(2)31(36)37)43-25(18)14-22(23)38-3/h11-17H,5-10H2,1-4H3,(H,34,35)(H,36,37)/t16-,17-/m0/s1. The van der Waals surface area contributed by atoms with Gasteiger partial charge in [-0.2, -0.15) is 0 Å². The molecule has 2 heterocycles. The predicted molar refractivity (Wildman–Crippen MR) is 168 cm³/mol. The summed E-state index contributed by atoms with van der Waals surface area (Å²) in [5.41, 5.74) is 0. The third kappa shape index (κ3) is 7.70. The Morgan fingerprint density at radius 3 is 2.19 bits per heavy atom. The summed E-state index contributed by atoms with van der Waals surface area (Å²) in [5, 5.41) is 20.4. The van der Waals surface area contributed by atoms with Crippen molar-refractivity contribution in [3.8, 4) is 23.0 Å². The number of Topliss-reactive ketones (excluding diaryl/α,β-unsaturated/α-hetero) is 1. The van der Waals surface area contributed by atoms with Crippen LogP contribution in [-0.2, 0) is 16.0 Å². The zero-order valence-corrected chi connectivity index (χ0v) is 26.6. The Morgan fingerprint density at radius 2 is 1.51 bits per heavy atom. The van der Waals surface area contributed by atoms with Crippen molar-refractivity contribution < 1.29 is 43.5 Å². The van der Waals surface area contributed by atoms with E-state index in [9.17, 15) is 14.4 Å². The van der Waals surface area contributed by atoms with Crippen LogP contribution >= 0.6 is 34.3 Å². The number of carbonyl (C=O) groups excluding carboxylic acids is 1. The maximum atomic E-state index is 12.6. The fourth-order valence-electron chi connectivity index (χ4n) is 4.38. The molecule has 0 radical (unpaired) electrons. The maximum absolute atomic E-state index is 12.6. The highest BCUT2D eigenvalue weighted by molar-refractivity contribution is 7.21. The van der Waals surface area contributed by atoms with Crippen molar-refractivity contribution in [1.82, 2.24) is 0 Å². The van der Waals surface area contributed by atoms with Crippen LogP contribution < -0.4 is 18.9 Å². The van der Waals surface area contributed by atoms with Gasteiger partial charge in [-0.05, 0) is 36.4 Å². The highest BCUT2D eigenvalue weighted by Crippen LogP contribution is 2.44. The topological polar surface area (TPSA) is 129 Å². The van der Waals surface area contributed by atoms with E-state index < -0.39 is 23.8 Å². The molecule has 230 valence electrons. The van der Waals surface area contributed by atoms with Gasteiger partial charge in [0.25, 0.3) is 0 Å². The normalized spacial score (nSPS) is 12.7. The van der Waals surface area contributed by atoms with Crippen LogP contribution in [0.1, 0.15) is 47.7 Å². The van der Waals surface area contributed by atoms with Crippen LogP contribution in [0.5, 0.6) is 23.0 Å². The first kappa shape index (κ1) is 32.4. The molecule has 0 aliphatic rings. The number of aryl methyl sites for hydroxylation is 1. The molecule has 12 heteroatoms. The molecular weight excluding hydrogens is 616 g/mol. The van der Waals surface area contributed by atoms with Gasteiger partial charge in [0.2, 0.25) is 0 Å². The molecule has 0 amide bonds. The number of carbonyl (C=O) groups is 3. The lowest BCUT2D eigenvalue weighted by atomic mass is 10.0. The number of hydrogen-bond acceptors (Lipinski definition) is 9. The van der Waals surface area contributed by atoms with Crippen molar-refractivity contribution in [3.63, 3.8) is 0 Å². The fourth-order valence-corrected chi connectivity index (χ4v) is 6.88. The van der Waals surface area contributed by atoms with E-state index in [1.165, 1.54) is 18.3 Å². The number of ketones is 1. The first-order valence-electron chi connectivity index (χ1n) is 13.7. The quantitative estimate of drug-likeness (QED) is 0.0933. The van der Waals surface area contributed by atoms with E-state index in [1.54, 1.807) is 44.6 Å². The minimum Gasteiger partial charge on any atom is -0.493 e. The molecule has 2 N–H and O–H groups in total. The SMILES string of the molecule is COc1cc2sc(C(=O)C[C@H](C)C(=O)O)cc2cc1OCCCOc1c(OC)cc2sc(CC[C@H](C)C(=O)O)cc2c1Cl. The number of carboxylic acid groups (broad SMARTS) is 2. The second kappa shape index (κ2) is 14.3. The van der Waals surface area contributed by atoms with Gasteiger partial charge in [-0.25, -0.2) is 0 Å². The lowest BCUT2D eigenvalue weighted by molar-refractivity contribution is -0.142. The number of carboxylic acids is 2. The summed E-state index contributed by atoms with van der Waals surface area (Å²) >= 11 is 9.58. The minimum atomic E-state index is -1.00. The lowest BCUT2D eigenvalue weighted by Gasteiger charge is -2.14. The zero-order chi connectivity index (χ0) is 31.3. The first-order chi connectivity index (χ1) is 20.5. The molecule has 0 aliphatic carbocycles. The molecule has 0 spiro atoms. The monoisotopic (exact) mass is 648 g/mol. The molecule has 0 fully saturated rings. The summed E-state index contributed by atoms with van der Waals surface area (Å²) in [4.78, 5) is 36.4. The lowest BCUT2D eigenvalue weighted by Crippen LogP contribution is -2.13. The number of methoxy groups -OCH3 is 2. The summed E-state index contributed by atoms with van der Waals surface area (Å²) < 4.78 is 24.8. The zero-order valence-electron chi connectivity index (χ0n) is 24.2. The number of aliphatic carboxylic acids is 2. The Morgan fingerprint density at radius 1 is 0.837 bits per heavy atom. The summed E-state index contributed by atoms with van der Waals surface area (Å²) in [5.74, 6) is -1.22. The summed E-state index contributed by atoms with van der Waals surface area (Å²) in [6.07, 6.45) is 1.64. The first-order valence-corrected chi connectivity index (χ1v) is 15.7. The van der Waals surface area contributed by atoms with Crippen LogP contribution in [-0.4, -0.2) is 55.4 Å². The van der Waals surface area contributed by atoms with Gasteiger partial charge in [0.15, 0.2) is 28.8 Å². The molecule has 0 bridgehead atoms. The smallest absolute Gasteiger partial charge is 0.306 e. The molecular formula is C31H33ClO9S2. The number of benzene rings is 2. The van der Waals surface area contributed by atoms with Gasteiger partial charge in [0, 0.05) is 44.6 Å². The molecule has 0 unspecified atom stereocenters. The maximum Gasteiger partial charge on any atom is 0.306 e. The van der Waals surface area contributed by atoms with Crippen molar-refractivity contribution in [2.24, 2.45) is 11.8 Å². The van der Waals surface area contributed by atoms with E-state index in [4.69, 9.17) is 40.8 Å². The predicted octanol–water partition coefficient (Wildman–Crippen LogP) is 7.58. The Bertz CT molecular complexity index is 1640. The third-order valence-electron chi connectivity index (χ3n) is 6.98. The van der Waals surface area contributed by atoms with Crippen LogP contribution in [0, 0.1) is 11.8 Å². The van der Waals surface area contributed by atoms with Crippen LogP contribution in [0.25, 0.3) is 20.2 Å². The highest BCUT2D eigenvalue weighted by Gasteiger charge is 2.21. The van der Waals surface area contributed by atoms with Crippen LogP contribution in [0.15, 0.2) is 30.3 Å². The highest BCUT2D eigenvalue weighted by atomic mass is 35.5. The number of halogens is 1. The second-order valence-corrected chi connectivity index (χ2v) is 12.8. The number of thiophene rings is 2. The molecule has 2 atom stereocenters. The second-order valence-electron chi connectivity index (χ2n) is 10.2. The minimum absolute atomic E-state index is 0.0654. The molecule has 0 saturated carbocycles. The van der Waals surface area contributed by atoms with Crippen molar-refractivity contribution in [2.75, 3.05) is 27.4 Å². The van der Waals surface area contributed by atoms with Gasteiger partial charge < -0.3 is 29.2 Å². The van der Waals surface area contributed by atoms with E-state index >= 15 is 0 Å². The van der Waals surface area contributed by atoms with Gasteiger partial charge in [0.05, 0.1) is 49.2 Å². The van der Waals surface area contributed by atoms with Gasteiger partial charge in [0.1, 0.15) is 0 Å². The molecule has 9 nitrogen and oxygen atoms in total. The number of hydrogen-bond donors (Lipinski definition) is 2. The molecule has 4 aromatic rings.